The SMILES string of the molecule is COc1cc(C)ccc1C(C)Nc1cc(Cl)ccc1C. The van der Waals surface area contributed by atoms with Crippen LogP contribution in [0, 0.1) is 13.8 Å². The molecule has 1 N–H and O–H groups in total. The molecule has 2 rings (SSSR count). The van der Waals surface area contributed by atoms with Gasteiger partial charge in [-0.15, -0.1) is 0 Å². The Kier molecular flexibility index (Phi) is 4.56. The van der Waals surface area contributed by atoms with E-state index in [0.29, 0.717) is 0 Å². The van der Waals surface area contributed by atoms with Crippen LogP contribution in [0.3, 0.4) is 0 Å². The van der Waals surface area contributed by atoms with E-state index in [2.05, 4.69) is 44.3 Å². The van der Waals surface area contributed by atoms with Crippen molar-refractivity contribution in [3.05, 3.63) is 58.1 Å². The highest BCUT2D eigenvalue weighted by atomic mass is 35.5. The zero-order valence-electron chi connectivity index (χ0n) is 12.3. The summed E-state index contributed by atoms with van der Waals surface area (Å²) < 4.78 is 5.47. The smallest absolute Gasteiger partial charge is 0.124 e. The Bertz CT molecular complexity index is 610. The first-order chi connectivity index (χ1) is 9.51. The van der Waals surface area contributed by atoms with E-state index in [1.165, 1.54) is 11.1 Å². The lowest BCUT2D eigenvalue weighted by atomic mass is 10.0. The Morgan fingerprint density at radius 1 is 1.10 bits per heavy atom. The second-order valence-electron chi connectivity index (χ2n) is 5.07. The van der Waals surface area contributed by atoms with Crippen LogP contribution in [0.5, 0.6) is 5.75 Å². The molecule has 0 heterocycles. The quantitative estimate of drug-likeness (QED) is 0.841. The number of rotatable bonds is 4. The minimum absolute atomic E-state index is 0.141. The maximum atomic E-state index is 6.06. The molecule has 0 spiro atoms. The van der Waals surface area contributed by atoms with Crippen molar-refractivity contribution in [1.29, 1.82) is 0 Å². The van der Waals surface area contributed by atoms with Crippen molar-refractivity contribution in [2.24, 2.45) is 0 Å². The fourth-order valence-corrected chi connectivity index (χ4v) is 2.41. The number of halogens is 1. The van der Waals surface area contributed by atoms with Crippen molar-refractivity contribution in [3.63, 3.8) is 0 Å². The first-order valence-corrected chi connectivity index (χ1v) is 7.06. The minimum Gasteiger partial charge on any atom is -0.496 e. The number of methoxy groups -OCH3 is 1. The van der Waals surface area contributed by atoms with E-state index in [9.17, 15) is 0 Å². The molecule has 20 heavy (non-hydrogen) atoms. The predicted octanol–water partition coefficient (Wildman–Crippen LogP) is 5.14. The van der Waals surface area contributed by atoms with E-state index in [1.807, 2.05) is 18.2 Å². The molecule has 0 aliphatic rings. The van der Waals surface area contributed by atoms with Crippen LogP contribution in [-0.2, 0) is 0 Å². The molecule has 0 fully saturated rings. The fourth-order valence-electron chi connectivity index (χ4n) is 2.24. The molecular weight excluding hydrogens is 270 g/mol. The Hall–Kier alpha value is -1.67. The Morgan fingerprint density at radius 2 is 1.85 bits per heavy atom. The first kappa shape index (κ1) is 14.7. The summed E-state index contributed by atoms with van der Waals surface area (Å²) in [6.45, 7) is 6.25. The highest BCUT2D eigenvalue weighted by Gasteiger charge is 2.12. The van der Waals surface area contributed by atoms with Crippen LogP contribution in [-0.4, -0.2) is 7.11 Å². The average molecular weight is 290 g/mol. The van der Waals surface area contributed by atoms with Crippen LogP contribution in [0.2, 0.25) is 5.02 Å². The van der Waals surface area contributed by atoms with Crippen molar-refractivity contribution in [3.8, 4) is 5.75 Å². The molecule has 1 atom stereocenters. The van der Waals surface area contributed by atoms with Crippen molar-refractivity contribution in [2.45, 2.75) is 26.8 Å². The van der Waals surface area contributed by atoms with E-state index >= 15 is 0 Å². The topological polar surface area (TPSA) is 21.3 Å². The van der Waals surface area contributed by atoms with E-state index in [-0.39, 0.29) is 6.04 Å². The van der Waals surface area contributed by atoms with Crippen molar-refractivity contribution < 1.29 is 4.74 Å². The van der Waals surface area contributed by atoms with Gasteiger partial charge in [0, 0.05) is 16.3 Å². The summed E-state index contributed by atoms with van der Waals surface area (Å²) in [5.74, 6) is 0.907. The number of ether oxygens (including phenoxy) is 1. The third-order valence-corrected chi connectivity index (χ3v) is 3.66. The van der Waals surface area contributed by atoms with Crippen molar-refractivity contribution in [1.82, 2.24) is 0 Å². The van der Waals surface area contributed by atoms with E-state index in [1.54, 1.807) is 7.11 Å². The van der Waals surface area contributed by atoms with E-state index < -0.39 is 0 Å². The number of aryl methyl sites for hydroxylation is 2. The Morgan fingerprint density at radius 3 is 2.55 bits per heavy atom. The zero-order valence-corrected chi connectivity index (χ0v) is 13.1. The van der Waals surface area contributed by atoms with Gasteiger partial charge >= 0.3 is 0 Å². The summed E-state index contributed by atoms with van der Waals surface area (Å²) in [4.78, 5) is 0. The van der Waals surface area contributed by atoms with Gasteiger partial charge in [0.1, 0.15) is 5.75 Å². The Labute approximate surface area is 125 Å². The van der Waals surface area contributed by atoms with Crippen LogP contribution < -0.4 is 10.1 Å². The van der Waals surface area contributed by atoms with Crippen LogP contribution in [0.1, 0.15) is 29.7 Å². The molecule has 0 radical (unpaired) electrons. The minimum atomic E-state index is 0.141. The number of benzene rings is 2. The van der Waals surface area contributed by atoms with Gasteiger partial charge in [0.25, 0.3) is 0 Å². The number of hydrogen-bond donors (Lipinski definition) is 1. The summed E-state index contributed by atoms with van der Waals surface area (Å²) in [5, 5.41) is 4.23. The standard InChI is InChI=1S/C17H20ClNO/c1-11-5-8-15(17(9-11)20-4)13(3)19-16-10-14(18)7-6-12(16)2/h5-10,13,19H,1-4H3. The maximum absolute atomic E-state index is 6.06. The highest BCUT2D eigenvalue weighted by Crippen LogP contribution is 2.30. The van der Waals surface area contributed by atoms with E-state index in [0.717, 1.165) is 22.0 Å². The summed E-state index contributed by atoms with van der Waals surface area (Å²) >= 11 is 6.06. The number of hydrogen-bond acceptors (Lipinski definition) is 2. The summed E-state index contributed by atoms with van der Waals surface area (Å²) in [6.07, 6.45) is 0. The van der Waals surface area contributed by atoms with Gasteiger partial charge in [-0.2, -0.15) is 0 Å². The molecule has 0 aliphatic heterocycles. The monoisotopic (exact) mass is 289 g/mol. The first-order valence-electron chi connectivity index (χ1n) is 6.68. The molecule has 2 aromatic rings. The molecule has 0 aromatic heterocycles. The predicted molar refractivity (Wildman–Crippen MR) is 86.0 cm³/mol. The summed E-state index contributed by atoms with van der Waals surface area (Å²) in [5.41, 5.74) is 4.55. The Balaban J connectivity index is 2.28. The van der Waals surface area contributed by atoms with E-state index in [4.69, 9.17) is 16.3 Å². The number of nitrogens with one attached hydrogen (secondary N) is 1. The van der Waals surface area contributed by atoms with Crippen LogP contribution in [0.25, 0.3) is 0 Å². The van der Waals surface area contributed by atoms with Gasteiger partial charge in [-0.25, -0.2) is 0 Å². The fraction of sp³-hybridized carbons (Fsp3) is 0.294. The molecule has 3 heteroatoms. The third kappa shape index (κ3) is 3.26. The highest BCUT2D eigenvalue weighted by molar-refractivity contribution is 6.30. The third-order valence-electron chi connectivity index (χ3n) is 3.43. The van der Waals surface area contributed by atoms with Gasteiger partial charge in [-0.1, -0.05) is 29.8 Å². The lowest BCUT2D eigenvalue weighted by Gasteiger charge is -2.20. The lowest BCUT2D eigenvalue weighted by Crippen LogP contribution is -2.09. The van der Waals surface area contributed by atoms with Crippen molar-refractivity contribution in [2.75, 3.05) is 12.4 Å². The summed E-state index contributed by atoms with van der Waals surface area (Å²) in [7, 11) is 1.70. The summed E-state index contributed by atoms with van der Waals surface area (Å²) in [6, 6.07) is 12.3. The van der Waals surface area contributed by atoms with Crippen LogP contribution >= 0.6 is 11.6 Å². The van der Waals surface area contributed by atoms with Gasteiger partial charge < -0.3 is 10.1 Å². The normalized spacial score (nSPS) is 12.1. The zero-order chi connectivity index (χ0) is 14.7. The van der Waals surface area contributed by atoms with Crippen molar-refractivity contribution >= 4 is 17.3 Å². The molecule has 106 valence electrons. The van der Waals surface area contributed by atoms with Gasteiger partial charge in [0.15, 0.2) is 0 Å². The molecule has 2 aromatic carbocycles. The molecule has 0 bridgehead atoms. The lowest BCUT2D eigenvalue weighted by molar-refractivity contribution is 0.407. The van der Waals surface area contributed by atoms with Gasteiger partial charge in [0.05, 0.1) is 13.2 Å². The molecular formula is C17H20ClNO. The molecule has 0 saturated heterocycles. The average Bonchev–Trinajstić information content (AvgIpc) is 2.42. The second kappa shape index (κ2) is 6.19. The molecule has 0 aliphatic carbocycles. The van der Waals surface area contributed by atoms with Gasteiger partial charge in [-0.3, -0.25) is 0 Å². The molecule has 2 nitrogen and oxygen atoms in total. The van der Waals surface area contributed by atoms with Gasteiger partial charge in [0.2, 0.25) is 0 Å². The molecule has 0 saturated carbocycles. The van der Waals surface area contributed by atoms with Gasteiger partial charge in [-0.05, 0) is 50.1 Å². The molecule has 1 unspecified atom stereocenters. The number of anilines is 1. The van der Waals surface area contributed by atoms with Crippen LogP contribution in [0.15, 0.2) is 36.4 Å². The largest absolute Gasteiger partial charge is 0.496 e. The molecule has 0 amide bonds. The van der Waals surface area contributed by atoms with Crippen LogP contribution in [0.4, 0.5) is 5.69 Å². The second-order valence-corrected chi connectivity index (χ2v) is 5.51. The maximum Gasteiger partial charge on any atom is 0.124 e.